The quantitative estimate of drug-likeness (QED) is 0.893. The zero-order valence-corrected chi connectivity index (χ0v) is 11.5. The maximum atomic E-state index is 9.80. The van der Waals surface area contributed by atoms with E-state index in [9.17, 15) is 5.11 Å². The third-order valence-electron chi connectivity index (χ3n) is 3.44. The third-order valence-corrected chi connectivity index (χ3v) is 4.85. The molecule has 0 heterocycles. The van der Waals surface area contributed by atoms with Crippen LogP contribution in [0.1, 0.15) is 56.3 Å². The number of hydrogen-bond donors (Lipinski definition) is 1. The number of nitrogens with zero attached hydrogens (tertiary/aromatic N) is 1. The fraction of sp³-hybridized carbons (Fsp3) is 0.533. The summed E-state index contributed by atoms with van der Waals surface area (Å²) in [5, 5.41) is 19.4. The Balaban J connectivity index is 2.20. The zero-order valence-electron chi connectivity index (χ0n) is 10.7. The van der Waals surface area contributed by atoms with Crippen molar-refractivity contribution in [2.45, 2.75) is 55.3 Å². The first-order valence-corrected chi connectivity index (χ1v) is 7.47. The Labute approximate surface area is 113 Å². The van der Waals surface area contributed by atoms with Crippen LogP contribution in [0.2, 0.25) is 0 Å². The van der Waals surface area contributed by atoms with E-state index in [1.165, 1.54) is 32.1 Å². The van der Waals surface area contributed by atoms with Crippen LogP contribution in [0, 0.1) is 11.3 Å². The average molecular weight is 261 g/mol. The number of benzene rings is 1. The molecule has 0 spiro atoms. The Kier molecular flexibility index (Phi) is 4.68. The second-order valence-corrected chi connectivity index (χ2v) is 6.26. The van der Waals surface area contributed by atoms with Crippen molar-refractivity contribution >= 4 is 11.8 Å². The second kappa shape index (κ2) is 6.26. The van der Waals surface area contributed by atoms with Crippen LogP contribution in [0.3, 0.4) is 0 Å². The molecular weight excluding hydrogens is 242 g/mol. The van der Waals surface area contributed by atoms with Gasteiger partial charge in [-0.05, 0) is 37.5 Å². The van der Waals surface area contributed by atoms with E-state index in [0.717, 1.165) is 10.5 Å². The SMILES string of the molecule is C[C@@H](O)c1ccc(C#N)cc1SC1CCCCC1. The molecule has 1 saturated carbocycles. The molecule has 0 amide bonds. The monoisotopic (exact) mass is 261 g/mol. The van der Waals surface area contributed by atoms with Crippen molar-refractivity contribution < 1.29 is 5.11 Å². The maximum Gasteiger partial charge on any atom is 0.0992 e. The van der Waals surface area contributed by atoms with E-state index in [2.05, 4.69) is 6.07 Å². The third kappa shape index (κ3) is 3.28. The molecule has 1 aromatic carbocycles. The molecule has 96 valence electrons. The highest BCUT2D eigenvalue weighted by atomic mass is 32.2. The molecule has 1 N–H and O–H groups in total. The molecule has 1 aromatic rings. The Morgan fingerprint density at radius 2 is 2.06 bits per heavy atom. The minimum absolute atomic E-state index is 0.469. The fourth-order valence-corrected chi connectivity index (χ4v) is 3.91. The smallest absolute Gasteiger partial charge is 0.0992 e. The first-order valence-electron chi connectivity index (χ1n) is 6.59. The summed E-state index contributed by atoms with van der Waals surface area (Å²) in [7, 11) is 0. The first-order chi connectivity index (χ1) is 8.70. The Bertz CT molecular complexity index is 444. The van der Waals surface area contributed by atoms with Crippen LogP contribution in [0.5, 0.6) is 0 Å². The number of thioether (sulfide) groups is 1. The van der Waals surface area contributed by atoms with E-state index in [4.69, 9.17) is 5.26 Å². The van der Waals surface area contributed by atoms with Crippen LogP contribution in [-0.2, 0) is 0 Å². The van der Waals surface area contributed by atoms with Crippen molar-refractivity contribution in [3.63, 3.8) is 0 Å². The lowest BCUT2D eigenvalue weighted by Gasteiger charge is -2.22. The predicted octanol–water partition coefficient (Wildman–Crippen LogP) is 4.04. The van der Waals surface area contributed by atoms with Gasteiger partial charge in [-0.1, -0.05) is 25.3 Å². The van der Waals surface area contributed by atoms with Gasteiger partial charge in [-0.2, -0.15) is 5.26 Å². The minimum atomic E-state index is -0.469. The fourth-order valence-electron chi connectivity index (χ4n) is 2.41. The van der Waals surface area contributed by atoms with Gasteiger partial charge in [-0.25, -0.2) is 0 Å². The average Bonchev–Trinajstić information content (AvgIpc) is 2.39. The van der Waals surface area contributed by atoms with E-state index in [1.54, 1.807) is 13.0 Å². The van der Waals surface area contributed by atoms with Gasteiger partial charge in [0.2, 0.25) is 0 Å². The molecule has 0 radical (unpaired) electrons. The van der Waals surface area contributed by atoms with Crippen molar-refractivity contribution in [1.82, 2.24) is 0 Å². The van der Waals surface area contributed by atoms with Crippen LogP contribution in [0.4, 0.5) is 0 Å². The van der Waals surface area contributed by atoms with Crippen molar-refractivity contribution in [2.24, 2.45) is 0 Å². The molecule has 1 atom stereocenters. The number of nitriles is 1. The molecule has 0 saturated heterocycles. The zero-order chi connectivity index (χ0) is 13.0. The molecule has 1 aliphatic carbocycles. The Morgan fingerprint density at radius 3 is 2.67 bits per heavy atom. The largest absolute Gasteiger partial charge is 0.389 e. The summed E-state index contributed by atoms with van der Waals surface area (Å²) in [6.07, 6.45) is 5.99. The lowest BCUT2D eigenvalue weighted by molar-refractivity contribution is 0.196. The van der Waals surface area contributed by atoms with Gasteiger partial charge >= 0.3 is 0 Å². The topological polar surface area (TPSA) is 44.0 Å². The summed E-state index contributed by atoms with van der Waals surface area (Å²) in [4.78, 5) is 1.08. The Morgan fingerprint density at radius 1 is 1.33 bits per heavy atom. The first kappa shape index (κ1) is 13.5. The highest BCUT2D eigenvalue weighted by Crippen LogP contribution is 2.37. The molecule has 2 rings (SSSR count). The molecular formula is C15H19NOS. The van der Waals surface area contributed by atoms with Gasteiger partial charge in [-0.3, -0.25) is 0 Å². The Hall–Kier alpha value is -0.980. The number of rotatable bonds is 3. The van der Waals surface area contributed by atoms with Crippen LogP contribution in [0.25, 0.3) is 0 Å². The molecule has 3 heteroatoms. The van der Waals surface area contributed by atoms with Crippen molar-refractivity contribution in [1.29, 1.82) is 5.26 Å². The lowest BCUT2D eigenvalue weighted by atomic mass is 10.0. The minimum Gasteiger partial charge on any atom is -0.389 e. The van der Waals surface area contributed by atoms with Crippen LogP contribution in [-0.4, -0.2) is 10.4 Å². The summed E-state index contributed by atoms with van der Waals surface area (Å²) in [6, 6.07) is 7.76. The van der Waals surface area contributed by atoms with Crippen molar-refractivity contribution in [2.75, 3.05) is 0 Å². The molecule has 0 unspecified atom stereocenters. The molecule has 1 aliphatic rings. The van der Waals surface area contributed by atoms with E-state index in [1.807, 2.05) is 23.9 Å². The highest BCUT2D eigenvalue weighted by Gasteiger charge is 2.18. The van der Waals surface area contributed by atoms with E-state index in [-0.39, 0.29) is 0 Å². The van der Waals surface area contributed by atoms with Gasteiger partial charge in [0.05, 0.1) is 17.7 Å². The van der Waals surface area contributed by atoms with Crippen LogP contribution >= 0.6 is 11.8 Å². The number of hydrogen-bond acceptors (Lipinski definition) is 3. The molecule has 18 heavy (non-hydrogen) atoms. The summed E-state index contributed by atoms with van der Waals surface area (Å²) < 4.78 is 0. The maximum absolute atomic E-state index is 9.80. The number of aliphatic hydroxyl groups is 1. The van der Waals surface area contributed by atoms with Gasteiger partial charge < -0.3 is 5.11 Å². The second-order valence-electron chi connectivity index (χ2n) is 4.92. The number of aliphatic hydroxyl groups excluding tert-OH is 1. The molecule has 0 aliphatic heterocycles. The predicted molar refractivity (Wildman–Crippen MR) is 74.5 cm³/mol. The lowest BCUT2D eigenvalue weighted by Crippen LogP contribution is -2.08. The summed E-state index contributed by atoms with van der Waals surface area (Å²) in [5.74, 6) is 0. The van der Waals surface area contributed by atoms with Crippen molar-refractivity contribution in [3.8, 4) is 6.07 Å². The van der Waals surface area contributed by atoms with Crippen LogP contribution in [0.15, 0.2) is 23.1 Å². The van der Waals surface area contributed by atoms with Crippen LogP contribution < -0.4 is 0 Å². The van der Waals surface area contributed by atoms with E-state index < -0.39 is 6.10 Å². The standard InChI is InChI=1S/C15H19NOS/c1-11(17)14-8-7-12(10-16)9-15(14)18-13-5-3-2-4-6-13/h7-9,11,13,17H,2-6H2,1H3/t11-/m1/s1. The van der Waals surface area contributed by atoms with Gasteiger partial charge in [0, 0.05) is 10.1 Å². The van der Waals surface area contributed by atoms with Gasteiger partial charge in [0.15, 0.2) is 0 Å². The van der Waals surface area contributed by atoms with Gasteiger partial charge in [0.25, 0.3) is 0 Å². The highest BCUT2D eigenvalue weighted by molar-refractivity contribution is 8.00. The summed E-state index contributed by atoms with van der Waals surface area (Å²) in [5.41, 5.74) is 1.63. The molecule has 1 fully saturated rings. The van der Waals surface area contributed by atoms with Gasteiger partial charge in [0.1, 0.15) is 0 Å². The van der Waals surface area contributed by atoms with E-state index in [0.29, 0.717) is 10.8 Å². The van der Waals surface area contributed by atoms with Gasteiger partial charge in [-0.15, -0.1) is 11.8 Å². The molecule has 2 nitrogen and oxygen atoms in total. The summed E-state index contributed by atoms with van der Waals surface area (Å²) in [6.45, 7) is 1.78. The molecule has 0 bridgehead atoms. The normalized spacial score (nSPS) is 18.3. The van der Waals surface area contributed by atoms with E-state index >= 15 is 0 Å². The summed E-state index contributed by atoms with van der Waals surface area (Å²) >= 11 is 1.84. The molecule has 0 aromatic heterocycles. The van der Waals surface area contributed by atoms with Crippen molar-refractivity contribution in [3.05, 3.63) is 29.3 Å².